The third kappa shape index (κ3) is 25.1. The maximum Gasteiger partial charge on any atom is 0.305 e. The van der Waals surface area contributed by atoms with Crippen LogP contribution in [0.25, 0.3) is 0 Å². The van der Waals surface area contributed by atoms with Gasteiger partial charge in [-0.05, 0) is 19.3 Å². The quantitative estimate of drug-likeness (QED) is 0.525. The van der Waals surface area contributed by atoms with Gasteiger partial charge in [0.15, 0.2) is 0 Å². The van der Waals surface area contributed by atoms with Gasteiger partial charge in [0.2, 0.25) is 0 Å². The van der Waals surface area contributed by atoms with Crippen molar-refractivity contribution in [1.29, 1.82) is 0 Å². The summed E-state index contributed by atoms with van der Waals surface area (Å²) in [5.41, 5.74) is 0. The maximum absolute atomic E-state index is 10.9. The Morgan fingerprint density at radius 2 is 1.53 bits per heavy atom. The zero-order valence-electron chi connectivity index (χ0n) is 10.3. The molecule has 0 bridgehead atoms. The molecule has 0 fully saturated rings. The van der Waals surface area contributed by atoms with Gasteiger partial charge in [-0.3, -0.25) is 14.4 Å². The molecule has 2 N–H and O–H groups in total. The van der Waals surface area contributed by atoms with Crippen LogP contribution in [-0.2, 0) is 19.1 Å². The largest absolute Gasteiger partial charge is 0.481 e. The smallest absolute Gasteiger partial charge is 0.305 e. The van der Waals surface area contributed by atoms with Crippen molar-refractivity contribution < 1.29 is 29.3 Å². The van der Waals surface area contributed by atoms with E-state index in [-0.39, 0.29) is 12.4 Å². The Labute approximate surface area is 101 Å². The second kappa shape index (κ2) is 12.5. The average molecular weight is 248 g/mol. The van der Waals surface area contributed by atoms with E-state index >= 15 is 0 Å². The zero-order chi connectivity index (χ0) is 13.7. The van der Waals surface area contributed by atoms with E-state index in [1.807, 2.05) is 6.92 Å². The number of rotatable bonds is 7. The first-order valence-corrected chi connectivity index (χ1v) is 5.47. The Morgan fingerprint density at radius 3 is 1.94 bits per heavy atom. The molecule has 0 aliphatic heterocycles. The summed E-state index contributed by atoms with van der Waals surface area (Å²) >= 11 is 0. The summed E-state index contributed by atoms with van der Waals surface area (Å²) in [5.74, 6) is -1.88. The third-order valence-electron chi connectivity index (χ3n) is 1.49. The van der Waals surface area contributed by atoms with Gasteiger partial charge in [-0.1, -0.05) is 6.92 Å². The molecule has 0 radical (unpaired) electrons. The van der Waals surface area contributed by atoms with Crippen LogP contribution in [0.5, 0.6) is 0 Å². The van der Waals surface area contributed by atoms with Crippen molar-refractivity contribution in [3.8, 4) is 0 Å². The summed E-state index contributed by atoms with van der Waals surface area (Å²) in [6.07, 6.45) is 2.40. The average Bonchev–Trinajstić information content (AvgIpc) is 2.20. The van der Waals surface area contributed by atoms with Gasteiger partial charge < -0.3 is 14.9 Å². The molecule has 6 nitrogen and oxygen atoms in total. The summed E-state index contributed by atoms with van der Waals surface area (Å²) in [4.78, 5) is 30.0. The Kier molecular flexibility index (Phi) is 13.1. The van der Waals surface area contributed by atoms with Crippen LogP contribution in [0, 0.1) is 0 Å². The first-order chi connectivity index (χ1) is 7.90. The lowest BCUT2D eigenvalue weighted by atomic mass is 10.2. The SMILES string of the molecule is CC(=O)O.CCCOC(=O)CCCCC(=O)O. The first-order valence-electron chi connectivity index (χ1n) is 5.47. The molecule has 6 heteroatoms. The molecule has 100 valence electrons. The van der Waals surface area contributed by atoms with Gasteiger partial charge in [-0.2, -0.15) is 0 Å². The fraction of sp³-hybridized carbons (Fsp3) is 0.727. The summed E-state index contributed by atoms with van der Waals surface area (Å²) in [6.45, 7) is 3.47. The Balaban J connectivity index is 0. The van der Waals surface area contributed by atoms with Gasteiger partial charge in [0.05, 0.1) is 6.61 Å². The highest BCUT2D eigenvalue weighted by Gasteiger charge is 2.02. The number of aliphatic carboxylic acids is 2. The second-order valence-electron chi connectivity index (χ2n) is 3.34. The van der Waals surface area contributed by atoms with Crippen LogP contribution in [0.3, 0.4) is 0 Å². The molecule has 0 aromatic rings. The summed E-state index contributed by atoms with van der Waals surface area (Å²) in [5, 5.41) is 15.7. The highest BCUT2D eigenvalue weighted by atomic mass is 16.5. The Morgan fingerprint density at radius 1 is 1.06 bits per heavy atom. The van der Waals surface area contributed by atoms with Crippen molar-refractivity contribution in [2.24, 2.45) is 0 Å². The fourth-order valence-corrected chi connectivity index (χ4v) is 0.834. The van der Waals surface area contributed by atoms with Crippen LogP contribution in [-0.4, -0.2) is 34.7 Å². The van der Waals surface area contributed by atoms with Crippen LogP contribution in [0.2, 0.25) is 0 Å². The van der Waals surface area contributed by atoms with Crippen LogP contribution in [0.1, 0.15) is 46.0 Å². The van der Waals surface area contributed by atoms with Crippen LogP contribution in [0.4, 0.5) is 0 Å². The van der Waals surface area contributed by atoms with E-state index in [0.717, 1.165) is 13.3 Å². The fourth-order valence-electron chi connectivity index (χ4n) is 0.834. The molecular formula is C11H20O6. The molecule has 0 saturated heterocycles. The van der Waals surface area contributed by atoms with Crippen LogP contribution >= 0.6 is 0 Å². The van der Waals surface area contributed by atoms with Gasteiger partial charge >= 0.3 is 11.9 Å². The van der Waals surface area contributed by atoms with Gasteiger partial charge in [0.25, 0.3) is 5.97 Å². The zero-order valence-corrected chi connectivity index (χ0v) is 10.3. The molecule has 0 spiro atoms. The number of carbonyl (C=O) groups is 3. The minimum absolute atomic E-state index is 0.126. The topological polar surface area (TPSA) is 101 Å². The maximum atomic E-state index is 10.9. The van der Waals surface area contributed by atoms with Gasteiger partial charge in [-0.25, -0.2) is 0 Å². The highest BCUT2D eigenvalue weighted by molar-refractivity contribution is 5.69. The first kappa shape index (κ1) is 17.8. The van der Waals surface area contributed by atoms with E-state index < -0.39 is 11.9 Å². The van der Waals surface area contributed by atoms with E-state index in [4.69, 9.17) is 19.7 Å². The van der Waals surface area contributed by atoms with Crippen molar-refractivity contribution in [1.82, 2.24) is 0 Å². The summed E-state index contributed by atoms with van der Waals surface area (Å²) in [6, 6.07) is 0. The molecule has 17 heavy (non-hydrogen) atoms. The van der Waals surface area contributed by atoms with Crippen LogP contribution < -0.4 is 0 Å². The highest BCUT2D eigenvalue weighted by Crippen LogP contribution is 2.01. The number of esters is 1. The number of hydrogen-bond acceptors (Lipinski definition) is 4. The number of hydrogen-bond donors (Lipinski definition) is 2. The number of carbonyl (C=O) groups excluding carboxylic acids is 1. The molecule has 0 atom stereocenters. The summed E-state index contributed by atoms with van der Waals surface area (Å²) < 4.78 is 4.81. The predicted octanol–water partition coefficient (Wildman–Crippen LogP) is 1.68. The molecular weight excluding hydrogens is 228 g/mol. The molecule has 0 aliphatic rings. The predicted molar refractivity (Wildman–Crippen MR) is 60.7 cm³/mol. The lowest BCUT2D eigenvalue weighted by Crippen LogP contribution is -2.05. The number of ether oxygens (including phenoxy) is 1. The molecule has 0 heterocycles. The lowest BCUT2D eigenvalue weighted by Gasteiger charge is -2.01. The molecule has 0 amide bonds. The van der Waals surface area contributed by atoms with E-state index in [2.05, 4.69) is 0 Å². The Hall–Kier alpha value is -1.59. The van der Waals surface area contributed by atoms with Crippen molar-refractivity contribution >= 4 is 17.9 Å². The van der Waals surface area contributed by atoms with Crippen molar-refractivity contribution in [3.05, 3.63) is 0 Å². The standard InChI is InChI=1S/C9H16O4.C2H4O2/c1-2-7-13-9(12)6-4-3-5-8(10)11;1-2(3)4/h2-7H2,1H3,(H,10,11);1H3,(H,3,4). The molecule has 0 aromatic heterocycles. The molecule has 0 aliphatic carbocycles. The van der Waals surface area contributed by atoms with Crippen LogP contribution in [0.15, 0.2) is 0 Å². The molecule has 0 rings (SSSR count). The van der Waals surface area contributed by atoms with Gasteiger partial charge in [0, 0.05) is 19.8 Å². The van der Waals surface area contributed by atoms with Crippen molar-refractivity contribution in [3.63, 3.8) is 0 Å². The minimum atomic E-state index is -0.833. The van der Waals surface area contributed by atoms with E-state index in [1.165, 1.54) is 0 Å². The number of carboxylic acid groups (broad SMARTS) is 2. The third-order valence-corrected chi connectivity index (χ3v) is 1.49. The minimum Gasteiger partial charge on any atom is -0.481 e. The number of carboxylic acids is 2. The number of unbranched alkanes of at least 4 members (excludes halogenated alkanes) is 1. The van der Waals surface area contributed by atoms with Gasteiger partial charge in [-0.15, -0.1) is 0 Å². The van der Waals surface area contributed by atoms with Crippen molar-refractivity contribution in [2.75, 3.05) is 6.61 Å². The van der Waals surface area contributed by atoms with E-state index in [0.29, 0.717) is 25.9 Å². The van der Waals surface area contributed by atoms with Gasteiger partial charge in [0.1, 0.15) is 0 Å². The normalized spacial score (nSPS) is 8.82. The lowest BCUT2D eigenvalue weighted by molar-refractivity contribution is -0.144. The monoisotopic (exact) mass is 248 g/mol. The molecule has 0 unspecified atom stereocenters. The second-order valence-corrected chi connectivity index (χ2v) is 3.34. The van der Waals surface area contributed by atoms with E-state index in [9.17, 15) is 9.59 Å². The van der Waals surface area contributed by atoms with E-state index in [1.54, 1.807) is 0 Å². The summed E-state index contributed by atoms with van der Waals surface area (Å²) in [7, 11) is 0. The molecule has 0 aromatic carbocycles. The molecule has 0 saturated carbocycles. The Bertz CT molecular complexity index is 232. The van der Waals surface area contributed by atoms with Crippen molar-refractivity contribution in [2.45, 2.75) is 46.0 Å².